The molecule has 3 aliphatic rings. The van der Waals surface area contributed by atoms with Crippen LogP contribution in [-0.2, 0) is 14.3 Å². The van der Waals surface area contributed by atoms with Gasteiger partial charge in [-0.1, -0.05) is 48.5 Å². The van der Waals surface area contributed by atoms with Crippen LogP contribution in [0.15, 0.2) is 48.5 Å². The summed E-state index contributed by atoms with van der Waals surface area (Å²) >= 11 is 0. The van der Waals surface area contributed by atoms with Crippen LogP contribution in [0.5, 0.6) is 0 Å². The Bertz CT molecular complexity index is 1070. The highest BCUT2D eigenvalue weighted by atomic mass is 16.5. The summed E-state index contributed by atoms with van der Waals surface area (Å²) in [5.74, 6) is -0.873. The maximum Gasteiger partial charge on any atom is 0.407 e. The first kappa shape index (κ1) is 22.4. The van der Waals surface area contributed by atoms with E-state index in [0.29, 0.717) is 18.9 Å². The van der Waals surface area contributed by atoms with E-state index < -0.39 is 17.7 Å². The highest BCUT2D eigenvalue weighted by molar-refractivity contribution is 5.85. The molecular weight excluding hydrogens is 436 g/mol. The van der Waals surface area contributed by atoms with Gasteiger partial charge >= 0.3 is 12.1 Å². The minimum Gasteiger partial charge on any atom is -0.479 e. The second-order valence-corrected chi connectivity index (χ2v) is 9.70. The lowest BCUT2D eigenvalue weighted by atomic mass is 9.73. The number of carboxylic acids is 1. The van der Waals surface area contributed by atoms with E-state index in [1.54, 1.807) is 0 Å². The molecule has 2 amide bonds. The van der Waals surface area contributed by atoms with Gasteiger partial charge in [-0.15, -0.1) is 0 Å². The molecular formula is C26H28N2O6. The number of alkyl carbamates (subject to hydrolysis) is 1. The van der Waals surface area contributed by atoms with Crippen molar-refractivity contribution in [1.82, 2.24) is 10.2 Å². The molecule has 5 rings (SSSR count). The normalized spacial score (nSPS) is 22.1. The van der Waals surface area contributed by atoms with Crippen molar-refractivity contribution in [2.45, 2.75) is 30.8 Å². The van der Waals surface area contributed by atoms with Crippen molar-refractivity contribution >= 4 is 18.0 Å². The maximum absolute atomic E-state index is 12.3. The highest BCUT2D eigenvalue weighted by Gasteiger charge is 2.50. The minimum absolute atomic E-state index is 0.0255. The average molecular weight is 465 g/mol. The fourth-order valence-electron chi connectivity index (χ4n) is 5.36. The minimum atomic E-state index is -1.80. The van der Waals surface area contributed by atoms with Crippen molar-refractivity contribution in [2.75, 3.05) is 26.2 Å². The Morgan fingerprint density at radius 1 is 0.971 bits per heavy atom. The van der Waals surface area contributed by atoms with Crippen molar-refractivity contribution in [2.24, 2.45) is 11.8 Å². The Morgan fingerprint density at radius 3 is 2.15 bits per heavy atom. The lowest BCUT2D eigenvalue weighted by molar-refractivity contribution is -0.182. The van der Waals surface area contributed by atoms with Gasteiger partial charge in [0.2, 0.25) is 5.91 Å². The maximum atomic E-state index is 12.3. The molecule has 0 bridgehead atoms. The number of fused-ring (bicyclic) bond motifs is 3. The van der Waals surface area contributed by atoms with E-state index in [1.165, 1.54) is 27.2 Å². The molecule has 34 heavy (non-hydrogen) atoms. The van der Waals surface area contributed by atoms with Crippen LogP contribution in [0.4, 0.5) is 4.79 Å². The Balaban J connectivity index is 1.03. The number of benzene rings is 2. The number of β-amino-alcohol motifs (C(OH)–C–C–N with tert-alkyl or cyclic N) is 1. The molecule has 2 fully saturated rings. The third-order valence-electron chi connectivity index (χ3n) is 7.33. The number of hydrogen-bond acceptors (Lipinski definition) is 5. The number of ether oxygens (including phenoxy) is 1. The molecule has 1 aliphatic heterocycles. The smallest absolute Gasteiger partial charge is 0.407 e. The number of likely N-dealkylation sites (tertiary alicyclic amines) is 1. The number of hydrogen-bond donors (Lipinski definition) is 3. The number of aliphatic hydroxyl groups is 1. The van der Waals surface area contributed by atoms with Crippen LogP contribution in [-0.4, -0.2) is 64.9 Å². The zero-order chi connectivity index (χ0) is 23.9. The molecule has 2 aromatic carbocycles. The van der Waals surface area contributed by atoms with E-state index in [4.69, 9.17) is 9.84 Å². The quantitative estimate of drug-likeness (QED) is 0.580. The van der Waals surface area contributed by atoms with Gasteiger partial charge in [-0.3, -0.25) is 4.79 Å². The lowest BCUT2D eigenvalue weighted by Crippen LogP contribution is -2.67. The number of amides is 2. The van der Waals surface area contributed by atoms with Crippen LogP contribution < -0.4 is 5.32 Å². The lowest BCUT2D eigenvalue weighted by Gasteiger charge is -2.44. The van der Waals surface area contributed by atoms with Gasteiger partial charge in [0.05, 0.1) is 13.1 Å². The van der Waals surface area contributed by atoms with E-state index >= 15 is 0 Å². The number of nitrogens with zero attached hydrogens (tertiary/aromatic N) is 1. The summed E-state index contributed by atoms with van der Waals surface area (Å²) in [6.07, 6.45) is 1.56. The van der Waals surface area contributed by atoms with Crippen molar-refractivity contribution in [3.8, 4) is 11.1 Å². The third kappa shape index (κ3) is 4.14. The Labute approximate surface area is 197 Å². The van der Waals surface area contributed by atoms with Crippen LogP contribution in [0, 0.1) is 11.8 Å². The molecule has 1 saturated carbocycles. The van der Waals surface area contributed by atoms with Crippen LogP contribution in [0.25, 0.3) is 11.1 Å². The summed E-state index contributed by atoms with van der Waals surface area (Å²) in [7, 11) is 0. The zero-order valence-corrected chi connectivity index (χ0v) is 18.8. The standard InChI is InChI=1S/C26H28N2O6/c29-23(28-14-26(33,15-28)24(30)31)11-16-9-17(10-16)12-27-25(32)34-13-22-20-7-3-1-5-18(20)19-6-2-4-8-21(19)22/h1-8,16-17,22,33H,9-15H2,(H,27,32)(H,30,31). The first-order valence-electron chi connectivity index (χ1n) is 11.7. The predicted octanol–water partition coefficient (Wildman–Crippen LogP) is 2.60. The Kier molecular flexibility index (Phi) is 5.77. The molecule has 0 atom stereocenters. The van der Waals surface area contributed by atoms with Crippen LogP contribution in [0.2, 0.25) is 0 Å². The largest absolute Gasteiger partial charge is 0.479 e. The zero-order valence-electron chi connectivity index (χ0n) is 18.8. The fraction of sp³-hybridized carbons (Fsp3) is 0.423. The van der Waals surface area contributed by atoms with Gasteiger partial charge in [-0.05, 0) is 46.9 Å². The molecule has 2 aromatic rings. The summed E-state index contributed by atoms with van der Waals surface area (Å²) in [4.78, 5) is 36.9. The summed E-state index contributed by atoms with van der Waals surface area (Å²) in [5, 5.41) is 21.5. The number of aliphatic carboxylic acids is 1. The predicted molar refractivity (Wildman–Crippen MR) is 123 cm³/mol. The number of carbonyl (C=O) groups is 3. The van der Waals surface area contributed by atoms with Crippen LogP contribution in [0.3, 0.4) is 0 Å². The van der Waals surface area contributed by atoms with Crippen molar-refractivity contribution in [1.29, 1.82) is 0 Å². The van der Waals surface area contributed by atoms with E-state index in [0.717, 1.165) is 12.8 Å². The fourth-order valence-corrected chi connectivity index (χ4v) is 5.36. The third-order valence-corrected chi connectivity index (χ3v) is 7.33. The van der Waals surface area contributed by atoms with Crippen LogP contribution in [0.1, 0.15) is 36.3 Å². The number of carboxylic acid groups (broad SMARTS) is 1. The number of carbonyl (C=O) groups excluding carboxylic acids is 2. The van der Waals surface area contributed by atoms with Gasteiger partial charge in [0.15, 0.2) is 5.60 Å². The molecule has 0 spiro atoms. The van der Waals surface area contributed by atoms with Crippen molar-refractivity contribution < 1.29 is 29.3 Å². The molecule has 178 valence electrons. The number of rotatable bonds is 7. The number of nitrogens with one attached hydrogen (secondary N) is 1. The topological polar surface area (TPSA) is 116 Å². The molecule has 3 N–H and O–H groups in total. The molecule has 8 nitrogen and oxygen atoms in total. The van der Waals surface area contributed by atoms with E-state index in [1.807, 2.05) is 24.3 Å². The van der Waals surface area contributed by atoms with Crippen molar-refractivity contribution in [3.63, 3.8) is 0 Å². The van der Waals surface area contributed by atoms with Gasteiger partial charge in [-0.2, -0.15) is 0 Å². The first-order chi connectivity index (χ1) is 16.3. The van der Waals surface area contributed by atoms with E-state index in [-0.39, 0.29) is 37.4 Å². The second kappa shape index (κ2) is 8.76. The SMILES string of the molecule is O=C(NCC1CC(CC(=O)N2CC(O)(C(=O)O)C2)C1)OCC1c2ccccc2-c2ccccc21. The first-order valence-corrected chi connectivity index (χ1v) is 11.7. The van der Waals surface area contributed by atoms with Gasteiger partial charge in [0.25, 0.3) is 0 Å². The van der Waals surface area contributed by atoms with Crippen LogP contribution >= 0.6 is 0 Å². The average Bonchev–Trinajstić information content (AvgIpc) is 3.10. The molecule has 0 unspecified atom stereocenters. The Hall–Kier alpha value is -3.39. The monoisotopic (exact) mass is 464 g/mol. The van der Waals surface area contributed by atoms with E-state index in [9.17, 15) is 19.5 Å². The summed E-state index contributed by atoms with van der Waals surface area (Å²) < 4.78 is 5.56. The van der Waals surface area contributed by atoms with Crippen molar-refractivity contribution in [3.05, 3.63) is 59.7 Å². The van der Waals surface area contributed by atoms with Gasteiger partial charge < -0.3 is 25.2 Å². The molecule has 0 radical (unpaired) electrons. The van der Waals surface area contributed by atoms with E-state index in [2.05, 4.69) is 29.6 Å². The van der Waals surface area contributed by atoms with Gasteiger partial charge in [-0.25, -0.2) is 9.59 Å². The van der Waals surface area contributed by atoms with Gasteiger partial charge in [0, 0.05) is 18.9 Å². The Morgan fingerprint density at radius 2 is 1.56 bits per heavy atom. The molecule has 8 heteroatoms. The van der Waals surface area contributed by atoms with Gasteiger partial charge in [0.1, 0.15) is 6.61 Å². The molecule has 1 heterocycles. The summed E-state index contributed by atoms with van der Waals surface area (Å²) in [6, 6.07) is 16.4. The second-order valence-electron chi connectivity index (χ2n) is 9.70. The summed E-state index contributed by atoms with van der Waals surface area (Å²) in [5.41, 5.74) is 2.92. The molecule has 2 aliphatic carbocycles. The molecule has 1 saturated heterocycles. The highest BCUT2D eigenvalue weighted by Crippen LogP contribution is 2.44. The summed E-state index contributed by atoms with van der Waals surface area (Å²) in [6.45, 7) is 0.478. The molecule has 0 aromatic heterocycles.